The van der Waals surface area contributed by atoms with Crippen LogP contribution in [0.1, 0.15) is 51.0 Å². The van der Waals surface area contributed by atoms with Crippen LogP contribution >= 0.6 is 0 Å². The molecule has 1 heterocycles. The maximum Gasteiger partial charge on any atom is 0.247 e. The van der Waals surface area contributed by atoms with Crippen molar-refractivity contribution in [3.8, 4) is 0 Å². The zero-order valence-electron chi connectivity index (χ0n) is 17.5. The predicted octanol–water partition coefficient (Wildman–Crippen LogP) is 2.20. The molecule has 1 aromatic rings. The quantitative estimate of drug-likeness (QED) is 0.755. The first-order valence-electron chi connectivity index (χ1n) is 10.3. The molecule has 1 saturated carbocycles. The van der Waals surface area contributed by atoms with Gasteiger partial charge in [0.15, 0.2) is 0 Å². The number of carbonyl (C=O) groups excluding carboxylic acids is 2. The van der Waals surface area contributed by atoms with Crippen molar-refractivity contribution in [2.45, 2.75) is 64.0 Å². The summed E-state index contributed by atoms with van der Waals surface area (Å²) in [6.07, 6.45) is 7.37. The Morgan fingerprint density at radius 1 is 1.14 bits per heavy atom. The van der Waals surface area contributed by atoms with Gasteiger partial charge in [-0.05, 0) is 38.3 Å². The lowest BCUT2D eigenvalue weighted by Crippen LogP contribution is -2.70. The molecule has 1 aliphatic carbocycles. The van der Waals surface area contributed by atoms with E-state index in [0.29, 0.717) is 5.69 Å². The molecule has 2 aliphatic rings. The lowest BCUT2D eigenvalue weighted by molar-refractivity contribution is -0.133. The van der Waals surface area contributed by atoms with Crippen LogP contribution in [0.5, 0.6) is 0 Å². The average molecular weight is 422 g/mol. The number of para-hydroxylation sites is 1. The van der Waals surface area contributed by atoms with Crippen molar-refractivity contribution in [3.63, 3.8) is 0 Å². The first-order valence-corrected chi connectivity index (χ1v) is 12.1. The summed E-state index contributed by atoms with van der Waals surface area (Å²) in [4.78, 5) is 28.1. The molecule has 7 nitrogen and oxygen atoms in total. The van der Waals surface area contributed by atoms with Gasteiger partial charge in [-0.25, -0.2) is 8.42 Å². The molecule has 0 bridgehead atoms. The monoisotopic (exact) mass is 421 g/mol. The Kier molecular flexibility index (Phi) is 6.33. The number of piperazine rings is 1. The largest absolute Gasteiger partial charge is 0.351 e. The van der Waals surface area contributed by atoms with Crippen LogP contribution in [0.4, 0.5) is 5.69 Å². The number of hydrogen-bond acceptors (Lipinski definition) is 4. The number of hydrogen-bond donors (Lipinski definition) is 1. The maximum absolute atomic E-state index is 13.5. The Morgan fingerprint density at radius 2 is 1.76 bits per heavy atom. The molecule has 0 aromatic heterocycles. The van der Waals surface area contributed by atoms with Crippen molar-refractivity contribution in [1.82, 2.24) is 9.62 Å². The topological polar surface area (TPSA) is 86.8 Å². The minimum Gasteiger partial charge on any atom is -0.351 e. The third kappa shape index (κ3) is 4.64. The molecular formula is C21H31N3O4S. The SMILES string of the molecule is Cc1ccccc1N1C(=O)CN(S(C)(=O)=O)C[C@]1(C)C(=O)NC1CCCCCC1. The molecule has 8 heteroatoms. The summed E-state index contributed by atoms with van der Waals surface area (Å²) >= 11 is 0. The fourth-order valence-corrected chi connectivity index (χ4v) is 5.18. The molecule has 2 fully saturated rings. The molecule has 1 aliphatic heterocycles. The number of anilines is 1. The third-order valence-corrected chi connectivity index (χ3v) is 7.24. The van der Waals surface area contributed by atoms with Gasteiger partial charge in [-0.3, -0.25) is 14.5 Å². The maximum atomic E-state index is 13.5. The Hall–Kier alpha value is -1.93. The first kappa shape index (κ1) is 21.8. The van der Waals surface area contributed by atoms with Crippen LogP contribution in [0.3, 0.4) is 0 Å². The van der Waals surface area contributed by atoms with Gasteiger partial charge in [0.05, 0.1) is 12.8 Å². The van der Waals surface area contributed by atoms with Gasteiger partial charge >= 0.3 is 0 Å². The number of carbonyl (C=O) groups is 2. The van der Waals surface area contributed by atoms with E-state index < -0.39 is 21.5 Å². The van der Waals surface area contributed by atoms with Crippen molar-refractivity contribution in [2.24, 2.45) is 0 Å². The zero-order chi connectivity index (χ0) is 21.2. The van der Waals surface area contributed by atoms with E-state index in [4.69, 9.17) is 0 Å². The molecule has 1 atom stereocenters. The van der Waals surface area contributed by atoms with Gasteiger partial charge in [0, 0.05) is 18.3 Å². The first-order chi connectivity index (χ1) is 13.6. The molecule has 1 N–H and O–H groups in total. The average Bonchev–Trinajstić information content (AvgIpc) is 2.90. The van der Waals surface area contributed by atoms with Crippen LogP contribution in [0.15, 0.2) is 24.3 Å². The smallest absolute Gasteiger partial charge is 0.247 e. The van der Waals surface area contributed by atoms with Gasteiger partial charge in [0.25, 0.3) is 0 Å². The molecule has 1 saturated heterocycles. The highest BCUT2D eigenvalue weighted by Gasteiger charge is 2.50. The van der Waals surface area contributed by atoms with Gasteiger partial charge in [-0.1, -0.05) is 43.9 Å². The Bertz CT molecular complexity index is 878. The van der Waals surface area contributed by atoms with E-state index >= 15 is 0 Å². The van der Waals surface area contributed by atoms with E-state index in [2.05, 4.69) is 5.32 Å². The number of rotatable bonds is 4. The summed E-state index contributed by atoms with van der Waals surface area (Å²) in [5.41, 5.74) is 0.183. The molecule has 3 rings (SSSR count). The van der Waals surface area contributed by atoms with Gasteiger partial charge in [0.1, 0.15) is 5.54 Å². The molecule has 29 heavy (non-hydrogen) atoms. The Morgan fingerprint density at radius 3 is 2.34 bits per heavy atom. The summed E-state index contributed by atoms with van der Waals surface area (Å²) in [7, 11) is -3.61. The number of nitrogens with zero attached hydrogens (tertiary/aromatic N) is 2. The molecule has 0 radical (unpaired) electrons. The van der Waals surface area contributed by atoms with Crippen molar-refractivity contribution in [1.29, 1.82) is 0 Å². The normalized spacial score (nSPS) is 24.9. The van der Waals surface area contributed by atoms with E-state index in [0.717, 1.165) is 41.8 Å². The zero-order valence-corrected chi connectivity index (χ0v) is 18.3. The number of amides is 2. The molecule has 160 valence electrons. The van der Waals surface area contributed by atoms with Crippen LogP contribution in [0.2, 0.25) is 0 Å². The van der Waals surface area contributed by atoms with E-state index in [9.17, 15) is 18.0 Å². The Balaban J connectivity index is 1.98. The molecule has 0 spiro atoms. The summed E-state index contributed by atoms with van der Waals surface area (Å²) < 4.78 is 25.5. The van der Waals surface area contributed by atoms with Crippen molar-refractivity contribution in [3.05, 3.63) is 29.8 Å². The number of nitrogens with one attached hydrogen (secondary N) is 1. The summed E-state index contributed by atoms with van der Waals surface area (Å²) in [5.74, 6) is -0.691. The summed E-state index contributed by atoms with van der Waals surface area (Å²) in [6.45, 7) is 3.22. The van der Waals surface area contributed by atoms with Crippen LogP contribution in [-0.4, -0.2) is 55.5 Å². The fraction of sp³-hybridized carbons (Fsp3) is 0.619. The highest BCUT2D eigenvalue weighted by molar-refractivity contribution is 7.88. The second-order valence-electron chi connectivity index (χ2n) is 8.48. The van der Waals surface area contributed by atoms with E-state index in [1.807, 2.05) is 25.1 Å². The number of sulfonamides is 1. The second-order valence-corrected chi connectivity index (χ2v) is 10.5. The Labute approximate surface area is 173 Å². The third-order valence-electron chi connectivity index (χ3n) is 6.04. The van der Waals surface area contributed by atoms with Crippen molar-refractivity contribution < 1.29 is 18.0 Å². The highest BCUT2D eigenvalue weighted by atomic mass is 32.2. The predicted molar refractivity (Wildman–Crippen MR) is 113 cm³/mol. The highest BCUT2D eigenvalue weighted by Crippen LogP contribution is 2.33. The van der Waals surface area contributed by atoms with E-state index in [1.54, 1.807) is 13.0 Å². The standard InChI is InChI=1S/C21H31N3O4S/c1-16-10-8-9-13-18(16)24-19(25)14-23(29(3,27)28)15-21(24,2)20(26)22-17-11-6-4-5-7-12-17/h8-10,13,17H,4-7,11-12,14-15H2,1-3H3,(H,22,26)/t21-/m1/s1. The van der Waals surface area contributed by atoms with Gasteiger partial charge in [0.2, 0.25) is 21.8 Å². The van der Waals surface area contributed by atoms with Crippen LogP contribution in [0, 0.1) is 6.92 Å². The second kappa shape index (κ2) is 8.44. The fourth-order valence-electron chi connectivity index (χ4n) is 4.35. The van der Waals surface area contributed by atoms with Gasteiger partial charge in [-0.15, -0.1) is 0 Å². The molecule has 0 unspecified atom stereocenters. The van der Waals surface area contributed by atoms with Crippen molar-refractivity contribution >= 4 is 27.5 Å². The number of benzene rings is 1. The minimum absolute atomic E-state index is 0.0595. The van der Waals surface area contributed by atoms with Crippen LogP contribution in [0.25, 0.3) is 0 Å². The van der Waals surface area contributed by atoms with E-state index in [-0.39, 0.29) is 25.0 Å². The molecule has 1 aromatic carbocycles. The number of aryl methyl sites for hydroxylation is 1. The lowest BCUT2D eigenvalue weighted by Gasteiger charge is -2.47. The van der Waals surface area contributed by atoms with Crippen LogP contribution < -0.4 is 10.2 Å². The van der Waals surface area contributed by atoms with Gasteiger partial charge < -0.3 is 5.32 Å². The molecule has 2 amide bonds. The minimum atomic E-state index is -3.61. The van der Waals surface area contributed by atoms with E-state index in [1.165, 1.54) is 17.7 Å². The summed E-state index contributed by atoms with van der Waals surface area (Å²) in [5, 5.41) is 3.13. The van der Waals surface area contributed by atoms with Crippen molar-refractivity contribution in [2.75, 3.05) is 24.2 Å². The lowest BCUT2D eigenvalue weighted by atomic mass is 9.92. The van der Waals surface area contributed by atoms with Gasteiger partial charge in [-0.2, -0.15) is 4.31 Å². The van der Waals surface area contributed by atoms with Crippen LogP contribution in [-0.2, 0) is 19.6 Å². The summed E-state index contributed by atoms with van der Waals surface area (Å²) in [6, 6.07) is 7.45. The molecular weight excluding hydrogens is 390 g/mol.